The number of hydrogen-bond donors (Lipinski definition) is 1. The highest BCUT2D eigenvalue weighted by Crippen LogP contribution is 2.29. The quantitative estimate of drug-likeness (QED) is 0.758. The highest BCUT2D eigenvalue weighted by molar-refractivity contribution is 7.22. The molecule has 0 aliphatic carbocycles. The number of thiazole rings is 1. The van der Waals surface area contributed by atoms with Crippen LogP contribution in [-0.2, 0) is 4.79 Å². The van der Waals surface area contributed by atoms with E-state index in [-0.39, 0.29) is 18.4 Å². The lowest BCUT2D eigenvalue weighted by molar-refractivity contribution is -0.116. The Labute approximate surface area is 146 Å². The van der Waals surface area contributed by atoms with Crippen LogP contribution >= 0.6 is 22.7 Å². The lowest BCUT2D eigenvalue weighted by Gasteiger charge is -2.15. The fourth-order valence-electron chi connectivity index (χ4n) is 2.12. The minimum atomic E-state index is -0.284. The summed E-state index contributed by atoms with van der Waals surface area (Å²) in [5.74, 6) is 0.285. The van der Waals surface area contributed by atoms with Gasteiger partial charge in [-0.25, -0.2) is 4.98 Å². The Kier molecular flexibility index (Phi) is 4.77. The highest BCUT2D eigenvalue weighted by atomic mass is 32.1. The number of thiophene rings is 1. The van der Waals surface area contributed by atoms with Crippen molar-refractivity contribution < 1.29 is 14.3 Å². The van der Waals surface area contributed by atoms with Crippen LogP contribution in [-0.4, -0.2) is 42.4 Å². The van der Waals surface area contributed by atoms with E-state index in [4.69, 9.17) is 4.74 Å². The average Bonchev–Trinajstić information content (AvgIpc) is 3.22. The molecule has 24 heavy (non-hydrogen) atoms. The number of likely N-dealkylation sites (N-methyl/N-ethyl adjacent to an activating group) is 1. The summed E-state index contributed by atoms with van der Waals surface area (Å²) in [5, 5.41) is 5.07. The second-order valence-corrected chi connectivity index (χ2v) is 7.02. The van der Waals surface area contributed by atoms with Gasteiger partial charge in [0.15, 0.2) is 5.13 Å². The maximum Gasteiger partial charge on any atom is 0.264 e. The topological polar surface area (TPSA) is 71.5 Å². The number of carbonyl (C=O) groups excluding carboxylic acids is 2. The van der Waals surface area contributed by atoms with Gasteiger partial charge in [0.25, 0.3) is 5.91 Å². The zero-order valence-electron chi connectivity index (χ0n) is 13.1. The predicted molar refractivity (Wildman–Crippen MR) is 96.1 cm³/mol. The van der Waals surface area contributed by atoms with Crippen LogP contribution in [0, 0.1) is 0 Å². The molecule has 0 aliphatic heterocycles. The predicted octanol–water partition coefficient (Wildman–Crippen LogP) is 3.08. The molecular formula is C16H15N3O3S2. The van der Waals surface area contributed by atoms with Gasteiger partial charge in [-0.15, -0.1) is 11.3 Å². The Morgan fingerprint density at radius 3 is 2.88 bits per heavy atom. The third-order valence-electron chi connectivity index (χ3n) is 3.30. The molecule has 0 aliphatic rings. The van der Waals surface area contributed by atoms with Crippen molar-refractivity contribution in [1.82, 2.24) is 9.88 Å². The Balaban J connectivity index is 1.65. The third kappa shape index (κ3) is 3.55. The number of nitrogens with one attached hydrogen (secondary N) is 1. The Morgan fingerprint density at radius 2 is 2.17 bits per heavy atom. The van der Waals surface area contributed by atoms with Crippen molar-refractivity contribution in [3.8, 4) is 5.75 Å². The number of nitrogens with zero attached hydrogens (tertiary/aromatic N) is 2. The van der Waals surface area contributed by atoms with Crippen LogP contribution in [0.25, 0.3) is 10.2 Å². The Hall–Kier alpha value is -2.45. The van der Waals surface area contributed by atoms with Crippen LogP contribution in [0.4, 0.5) is 5.13 Å². The van der Waals surface area contributed by atoms with Gasteiger partial charge in [-0.3, -0.25) is 9.59 Å². The summed E-state index contributed by atoms with van der Waals surface area (Å²) in [4.78, 5) is 30.6. The number of amides is 2. The van der Waals surface area contributed by atoms with Crippen molar-refractivity contribution in [2.45, 2.75) is 0 Å². The van der Waals surface area contributed by atoms with Crippen molar-refractivity contribution in [3.63, 3.8) is 0 Å². The molecule has 6 nitrogen and oxygen atoms in total. The molecule has 0 bridgehead atoms. The summed E-state index contributed by atoms with van der Waals surface area (Å²) in [6.07, 6.45) is 0. The molecule has 2 aromatic heterocycles. The highest BCUT2D eigenvalue weighted by Gasteiger charge is 2.16. The number of anilines is 1. The van der Waals surface area contributed by atoms with E-state index in [0.717, 1.165) is 16.0 Å². The van der Waals surface area contributed by atoms with E-state index >= 15 is 0 Å². The second kappa shape index (κ2) is 6.98. The van der Waals surface area contributed by atoms with Crippen molar-refractivity contribution in [2.75, 3.05) is 26.0 Å². The fraction of sp³-hybridized carbons (Fsp3) is 0.188. The molecule has 1 N–H and O–H groups in total. The molecule has 0 saturated carbocycles. The van der Waals surface area contributed by atoms with Crippen molar-refractivity contribution >= 4 is 49.8 Å². The molecule has 0 atom stereocenters. The number of methoxy groups -OCH3 is 1. The largest absolute Gasteiger partial charge is 0.497 e. The molecule has 0 saturated heterocycles. The van der Waals surface area contributed by atoms with Gasteiger partial charge in [-0.1, -0.05) is 17.4 Å². The molecule has 2 amide bonds. The number of benzene rings is 1. The third-order valence-corrected chi connectivity index (χ3v) is 5.09. The Morgan fingerprint density at radius 1 is 1.33 bits per heavy atom. The van der Waals surface area contributed by atoms with E-state index < -0.39 is 0 Å². The van der Waals surface area contributed by atoms with Crippen LogP contribution < -0.4 is 10.1 Å². The first kappa shape index (κ1) is 16.4. The monoisotopic (exact) mass is 361 g/mol. The molecule has 0 radical (unpaired) electrons. The number of fused-ring (bicyclic) bond motifs is 1. The summed E-state index contributed by atoms with van der Waals surface area (Å²) >= 11 is 2.72. The summed E-state index contributed by atoms with van der Waals surface area (Å²) < 4.78 is 6.10. The maximum atomic E-state index is 12.1. The molecular weight excluding hydrogens is 346 g/mol. The summed E-state index contributed by atoms with van der Waals surface area (Å²) in [6.45, 7) is -0.0318. The standard InChI is InChI=1S/C16H15N3O3S2/c1-19(15(21)12-4-3-7-23-12)9-14(20)18-16-17-11-6-5-10(22-2)8-13(11)24-16/h3-8H,9H2,1-2H3,(H,17,18,20). The lowest BCUT2D eigenvalue weighted by atomic mass is 10.3. The van der Waals surface area contributed by atoms with Crippen LogP contribution in [0.2, 0.25) is 0 Å². The van der Waals surface area contributed by atoms with Gasteiger partial charge in [-0.05, 0) is 29.6 Å². The van der Waals surface area contributed by atoms with Crippen LogP contribution in [0.1, 0.15) is 9.67 Å². The average molecular weight is 361 g/mol. The molecule has 0 unspecified atom stereocenters. The first-order valence-corrected chi connectivity index (χ1v) is 8.80. The van der Waals surface area contributed by atoms with Gasteiger partial charge in [0.1, 0.15) is 5.75 Å². The molecule has 3 rings (SSSR count). The van der Waals surface area contributed by atoms with Crippen molar-refractivity contribution in [2.24, 2.45) is 0 Å². The summed E-state index contributed by atoms with van der Waals surface area (Å²) in [7, 11) is 3.20. The maximum absolute atomic E-state index is 12.1. The minimum Gasteiger partial charge on any atom is -0.497 e. The van der Waals surface area contributed by atoms with Gasteiger partial charge in [-0.2, -0.15) is 0 Å². The van der Waals surface area contributed by atoms with Crippen molar-refractivity contribution in [3.05, 3.63) is 40.6 Å². The summed E-state index contributed by atoms with van der Waals surface area (Å²) in [5.41, 5.74) is 0.791. The summed E-state index contributed by atoms with van der Waals surface area (Å²) in [6, 6.07) is 9.08. The van der Waals surface area contributed by atoms with Gasteiger partial charge in [0, 0.05) is 7.05 Å². The normalized spacial score (nSPS) is 10.6. The number of ether oxygens (including phenoxy) is 1. The van der Waals surface area contributed by atoms with E-state index in [1.165, 1.54) is 27.6 Å². The van der Waals surface area contributed by atoms with E-state index in [0.29, 0.717) is 10.0 Å². The van der Waals surface area contributed by atoms with E-state index in [1.807, 2.05) is 23.6 Å². The van der Waals surface area contributed by atoms with Crippen molar-refractivity contribution in [1.29, 1.82) is 0 Å². The number of hydrogen-bond acceptors (Lipinski definition) is 6. The van der Waals surface area contributed by atoms with Gasteiger partial charge >= 0.3 is 0 Å². The fourth-order valence-corrected chi connectivity index (χ4v) is 3.75. The SMILES string of the molecule is COc1ccc2nc(NC(=O)CN(C)C(=O)c3cccs3)sc2c1. The smallest absolute Gasteiger partial charge is 0.264 e. The molecule has 0 fully saturated rings. The zero-order chi connectivity index (χ0) is 17.1. The van der Waals surface area contributed by atoms with Gasteiger partial charge < -0.3 is 15.0 Å². The Bertz CT molecular complexity index is 874. The first-order valence-electron chi connectivity index (χ1n) is 7.10. The van der Waals surface area contributed by atoms with E-state index in [1.54, 1.807) is 26.3 Å². The molecule has 1 aromatic carbocycles. The van der Waals surface area contributed by atoms with Crippen LogP contribution in [0.15, 0.2) is 35.7 Å². The molecule has 8 heteroatoms. The van der Waals surface area contributed by atoms with Gasteiger partial charge in [0.2, 0.25) is 5.91 Å². The number of carbonyl (C=O) groups is 2. The molecule has 124 valence electrons. The van der Waals surface area contributed by atoms with E-state index in [9.17, 15) is 9.59 Å². The minimum absolute atomic E-state index is 0.0318. The molecule has 2 heterocycles. The molecule has 0 spiro atoms. The number of aromatic nitrogens is 1. The van der Waals surface area contributed by atoms with Crippen LogP contribution in [0.3, 0.4) is 0 Å². The van der Waals surface area contributed by atoms with E-state index in [2.05, 4.69) is 10.3 Å². The zero-order valence-corrected chi connectivity index (χ0v) is 14.7. The molecule has 3 aromatic rings. The first-order chi connectivity index (χ1) is 11.6. The van der Waals surface area contributed by atoms with Crippen LogP contribution in [0.5, 0.6) is 5.75 Å². The second-order valence-electron chi connectivity index (χ2n) is 5.04. The van der Waals surface area contributed by atoms with Gasteiger partial charge in [0.05, 0.1) is 28.7 Å². The lowest BCUT2D eigenvalue weighted by Crippen LogP contribution is -2.34. The number of rotatable bonds is 5.